The third kappa shape index (κ3) is 8.73. The molecule has 410 valence electrons. The van der Waals surface area contributed by atoms with E-state index in [0.717, 1.165) is 11.4 Å². The Balaban J connectivity index is 0.843. The summed E-state index contributed by atoms with van der Waals surface area (Å²) in [6.07, 6.45) is 0. The molecule has 0 aliphatic rings. The Hall–Kier alpha value is -11.6. The summed E-state index contributed by atoms with van der Waals surface area (Å²) in [5.74, 6) is 0. The highest BCUT2D eigenvalue weighted by atomic mass is 15.0. The lowest BCUT2D eigenvalue weighted by molar-refractivity contribution is 1.18. The van der Waals surface area contributed by atoms with Gasteiger partial charge in [0.2, 0.25) is 0 Å². The second-order valence-corrected chi connectivity index (χ2v) is 23.2. The average molecular weight is 1120 g/mol. The molecule has 2 heteroatoms. The maximum absolute atomic E-state index is 2.46. The second-order valence-electron chi connectivity index (χ2n) is 23.2. The molecule has 0 saturated heterocycles. The Kier molecular flexibility index (Phi) is 12.3. The smallest absolute Gasteiger partial charge is 0.0541 e. The number of nitrogens with zero attached hydrogens (tertiary/aromatic N) is 2. The van der Waals surface area contributed by atoms with Gasteiger partial charge in [0.25, 0.3) is 0 Å². The first-order chi connectivity index (χ1) is 43.6. The molecule has 0 saturated carbocycles. The van der Waals surface area contributed by atoms with Crippen LogP contribution in [0.2, 0.25) is 0 Å². The fraction of sp³-hybridized carbons (Fsp3) is 0. The van der Waals surface area contributed by atoms with Crippen LogP contribution >= 0.6 is 0 Å². The highest BCUT2D eigenvalue weighted by molar-refractivity contribution is 6.23. The van der Waals surface area contributed by atoms with Crippen molar-refractivity contribution in [1.29, 1.82) is 0 Å². The number of para-hydroxylation sites is 2. The molecule has 17 aromatic rings. The van der Waals surface area contributed by atoms with Crippen molar-refractivity contribution < 1.29 is 0 Å². The summed E-state index contributed by atoms with van der Waals surface area (Å²) < 4.78 is 4.84. The zero-order chi connectivity index (χ0) is 58.1. The van der Waals surface area contributed by atoms with E-state index in [9.17, 15) is 0 Å². The molecule has 0 bridgehead atoms. The molecule has 0 unspecified atom stereocenters. The van der Waals surface area contributed by atoms with Crippen LogP contribution in [-0.2, 0) is 0 Å². The van der Waals surface area contributed by atoms with Crippen molar-refractivity contribution in [3.63, 3.8) is 0 Å². The van der Waals surface area contributed by atoms with Gasteiger partial charge in [0.05, 0.1) is 22.1 Å². The Labute approximate surface area is 511 Å². The van der Waals surface area contributed by atoms with Crippen LogP contribution in [0.15, 0.2) is 340 Å². The van der Waals surface area contributed by atoms with Crippen molar-refractivity contribution >= 4 is 65.2 Å². The van der Waals surface area contributed by atoms with Crippen molar-refractivity contribution in [3.05, 3.63) is 340 Å². The fourth-order valence-electron chi connectivity index (χ4n) is 13.9. The van der Waals surface area contributed by atoms with E-state index in [2.05, 4.69) is 349 Å². The van der Waals surface area contributed by atoms with Crippen molar-refractivity contribution in [2.75, 3.05) is 0 Å². The molecule has 2 aromatic heterocycles. The second kappa shape index (κ2) is 21.2. The zero-order valence-electron chi connectivity index (χ0n) is 48.2. The Bertz CT molecular complexity index is 5160. The van der Waals surface area contributed by atoms with Gasteiger partial charge in [-0.2, -0.15) is 0 Å². The molecule has 0 atom stereocenters. The van der Waals surface area contributed by atoms with E-state index in [1.54, 1.807) is 0 Å². The minimum absolute atomic E-state index is 1.14. The van der Waals surface area contributed by atoms with Crippen molar-refractivity contribution in [2.45, 2.75) is 0 Å². The van der Waals surface area contributed by atoms with Gasteiger partial charge in [0.15, 0.2) is 0 Å². The minimum atomic E-state index is 1.14. The summed E-state index contributed by atoms with van der Waals surface area (Å²) >= 11 is 0. The van der Waals surface area contributed by atoms with Crippen molar-refractivity contribution in [2.24, 2.45) is 0 Å². The molecule has 0 aliphatic heterocycles. The summed E-state index contributed by atoms with van der Waals surface area (Å²) in [5.41, 5.74) is 26.1. The number of fused-ring (bicyclic) bond motifs is 8. The van der Waals surface area contributed by atoms with Gasteiger partial charge in [-0.05, 0) is 208 Å². The summed E-state index contributed by atoms with van der Waals surface area (Å²) in [5, 5.41) is 9.74. The molecule has 0 aliphatic carbocycles. The molecule has 15 aromatic carbocycles. The molecule has 0 N–H and O–H groups in total. The number of hydrogen-bond donors (Lipinski definition) is 0. The third-order valence-electron chi connectivity index (χ3n) is 18.1. The number of rotatable bonds is 10. The number of aromatic nitrogens is 2. The lowest BCUT2D eigenvalue weighted by Gasteiger charge is -2.20. The topological polar surface area (TPSA) is 9.86 Å². The first-order valence-corrected chi connectivity index (χ1v) is 30.4. The summed E-state index contributed by atoms with van der Waals surface area (Å²) in [6, 6.07) is 125. The van der Waals surface area contributed by atoms with Gasteiger partial charge in [-0.3, -0.25) is 0 Å². The standard InChI is InChI=1S/C86H56N2/c1-7-21-57(22-8-1)61-29-19-31-63(49-61)67-39-45-81-75(51-67)77-53-69(41-47-83(77)87(81)71-33-15-5-16-34-71)65-37-43-73-79(55-65)85(59-25-11-3-12-26-59)74-44-38-66(56-80(74)86(73)60-27-13-4-14-28-60)70-42-48-84-78(54-70)76-52-68(40-46-82(76)88(84)72-35-17-6-18-36-72)64-32-20-30-62(50-64)58-23-9-2-10-24-58/h1-56H. The van der Waals surface area contributed by atoms with Gasteiger partial charge < -0.3 is 9.13 Å². The molecule has 17 rings (SSSR count). The third-order valence-corrected chi connectivity index (χ3v) is 18.1. The van der Waals surface area contributed by atoms with Crippen LogP contribution in [0.5, 0.6) is 0 Å². The van der Waals surface area contributed by atoms with Crippen LogP contribution in [0, 0.1) is 0 Å². The van der Waals surface area contributed by atoms with E-state index in [0.29, 0.717) is 0 Å². The van der Waals surface area contributed by atoms with Crippen LogP contribution in [0.25, 0.3) is 166 Å². The highest BCUT2D eigenvalue weighted by Gasteiger charge is 2.22. The average Bonchev–Trinajstić information content (AvgIpc) is 1.31. The van der Waals surface area contributed by atoms with Gasteiger partial charge in [0.1, 0.15) is 0 Å². The van der Waals surface area contributed by atoms with E-state index in [-0.39, 0.29) is 0 Å². The lowest BCUT2D eigenvalue weighted by Crippen LogP contribution is -1.94. The molecule has 2 nitrogen and oxygen atoms in total. The molecule has 2 heterocycles. The largest absolute Gasteiger partial charge is 0.309 e. The minimum Gasteiger partial charge on any atom is -0.309 e. The van der Waals surface area contributed by atoms with Crippen molar-refractivity contribution in [1.82, 2.24) is 9.13 Å². The summed E-state index contributed by atoms with van der Waals surface area (Å²) in [6.45, 7) is 0. The monoisotopic (exact) mass is 1120 g/mol. The lowest BCUT2D eigenvalue weighted by atomic mass is 9.84. The number of hydrogen-bond acceptors (Lipinski definition) is 0. The molecule has 0 spiro atoms. The van der Waals surface area contributed by atoms with Crippen molar-refractivity contribution in [3.8, 4) is 100 Å². The SMILES string of the molecule is c1ccc(-c2cccc(-c3ccc4c(c3)c3cc(-c5ccc6c(-c7ccccc7)c7cc(-c8ccc9c(c8)c8cc(-c%10cccc(-c%11ccccc%11)c%10)ccc8n9-c8ccccc8)ccc7c(-c7ccccc7)c6c5)ccc3n4-c3ccccc3)c2)cc1. The van der Waals surface area contributed by atoms with Gasteiger partial charge >= 0.3 is 0 Å². The highest BCUT2D eigenvalue weighted by Crippen LogP contribution is 2.48. The fourth-order valence-corrected chi connectivity index (χ4v) is 13.9. The first-order valence-electron chi connectivity index (χ1n) is 30.4. The van der Waals surface area contributed by atoms with E-state index >= 15 is 0 Å². The van der Waals surface area contributed by atoms with E-state index in [1.165, 1.54) is 154 Å². The van der Waals surface area contributed by atoms with Gasteiger partial charge in [-0.1, -0.05) is 243 Å². The summed E-state index contributed by atoms with van der Waals surface area (Å²) in [7, 11) is 0. The Morgan fingerprint density at radius 2 is 0.364 bits per heavy atom. The van der Waals surface area contributed by atoms with E-state index in [4.69, 9.17) is 0 Å². The Morgan fingerprint density at radius 1 is 0.136 bits per heavy atom. The Morgan fingerprint density at radius 3 is 0.670 bits per heavy atom. The predicted octanol–water partition coefficient (Wildman–Crippen LogP) is 23.5. The number of benzene rings is 15. The van der Waals surface area contributed by atoms with Gasteiger partial charge in [-0.25, -0.2) is 0 Å². The quantitative estimate of drug-likeness (QED) is 0.121. The van der Waals surface area contributed by atoms with E-state index < -0.39 is 0 Å². The predicted molar refractivity (Wildman–Crippen MR) is 374 cm³/mol. The van der Waals surface area contributed by atoms with Crippen LogP contribution in [0.3, 0.4) is 0 Å². The van der Waals surface area contributed by atoms with Crippen LogP contribution in [0.4, 0.5) is 0 Å². The molecule has 0 radical (unpaired) electrons. The van der Waals surface area contributed by atoms with E-state index in [1.807, 2.05) is 0 Å². The molecular formula is C86H56N2. The first kappa shape index (κ1) is 50.9. The maximum Gasteiger partial charge on any atom is 0.0541 e. The normalized spacial score (nSPS) is 11.6. The van der Waals surface area contributed by atoms with Crippen LogP contribution in [-0.4, -0.2) is 9.13 Å². The van der Waals surface area contributed by atoms with Crippen LogP contribution in [0.1, 0.15) is 0 Å². The van der Waals surface area contributed by atoms with Crippen LogP contribution < -0.4 is 0 Å². The molecule has 0 fully saturated rings. The van der Waals surface area contributed by atoms with Gasteiger partial charge in [-0.15, -0.1) is 0 Å². The zero-order valence-corrected chi connectivity index (χ0v) is 48.2. The molecular weight excluding hydrogens is 1060 g/mol. The molecule has 0 amide bonds. The molecule has 88 heavy (non-hydrogen) atoms. The summed E-state index contributed by atoms with van der Waals surface area (Å²) in [4.78, 5) is 0. The maximum atomic E-state index is 2.46. The van der Waals surface area contributed by atoms with Gasteiger partial charge in [0, 0.05) is 32.9 Å².